The predicted molar refractivity (Wildman–Crippen MR) is 94.5 cm³/mol. The van der Waals surface area contributed by atoms with Crippen LogP contribution in [0.25, 0.3) is 0 Å². The first-order valence-corrected chi connectivity index (χ1v) is 8.15. The van der Waals surface area contributed by atoms with E-state index in [1.165, 1.54) is 0 Å². The summed E-state index contributed by atoms with van der Waals surface area (Å²) in [4.78, 5) is 1.12. The largest absolute Gasteiger partial charge is 0.332 e. The number of hydrogen-bond acceptors (Lipinski definition) is 2. The molecule has 0 unspecified atom stereocenters. The lowest BCUT2D eigenvalue weighted by atomic mass is 10.3. The van der Waals surface area contributed by atoms with Crippen LogP contribution in [0, 0.1) is 0 Å². The number of hydrogen-bond donors (Lipinski definition) is 2. The fourth-order valence-electron chi connectivity index (χ4n) is 1.62. The van der Waals surface area contributed by atoms with Crippen molar-refractivity contribution >= 4 is 63.7 Å². The van der Waals surface area contributed by atoms with Crippen LogP contribution in [0.1, 0.15) is 0 Å². The van der Waals surface area contributed by atoms with Crippen molar-refractivity contribution in [3.63, 3.8) is 0 Å². The lowest BCUT2D eigenvalue weighted by molar-refractivity contribution is 1.44. The topological polar surface area (TPSA) is 24.1 Å². The van der Waals surface area contributed by atoms with Crippen LogP contribution in [-0.4, -0.2) is 11.4 Å². The van der Waals surface area contributed by atoms with Crippen molar-refractivity contribution in [1.82, 2.24) is 0 Å². The number of anilines is 2. The number of para-hydroxylation sites is 1. The van der Waals surface area contributed by atoms with Crippen molar-refractivity contribution in [2.75, 3.05) is 16.9 Å². The molecular weight excluding hydrogens is 331 g/mol. The molecule has 0 radical (unpaired) electrons. The van der Waals surface area contributed by atoms with Crippen LogP contribution < -0.4 is 10.6 Å². The second kappa shape index (κ2) is 7.18. The summed E-state index contributed by atoms with van der Waals surface area (Å²) in [7, 11) is 0. The minimum Gasteiger partial charge on any atom is -0.332 e. The smallest absolute Gasteiger partial charge is 0.175 e. The Morgan fingerprint density at radius 3 is 2.40 bits per heavy atom. The lowest BCUT2D eigenvalue weighted by Crippen LogP contribution is -2.19. The van der Waals surface area contributed by atoms with Crippen LogP contribution in [0.4, 0.5) is 11.4 Å². The van der Waals surface area contributed by atoms with Gasteiger partial charge in [0.25, 0.3) is 0 Å². The zero-order chi connectivity index (χ0) is 14.5. The molecule has 0 bridgehead atoms. The SMILES string of the molecule is CSc1ccccc1NC(=S)Nc1cccc(Cl)c1Cl. The number of nitrogens with one attached hydrogen (secondary N) is 2. The van der Waals surface area contributed by atoms with Gasteiger partial charge < -0.3 is 10.6 Å². The summed E-state index contributed by atoms with van der Waals surface area (Å²) in [5.74, 6) is 0. The number of rotatable bonds is 3. The van der Waals surface area contributed by atoms with Crippen molar-refractivity contribution in [1.29, 1.82) is 0 Å². The first kappa shape index (κ1) is 15.4. The van der Waals surface area contributed by atoms with Crippen LogP contribution in [-0.2, 0) is 0 Å². The van der Waals surface area contributed by atoms with Gasteiger partial charge in [0.15, 0.2) is 5.11 Å². The Balaban J connectivity index is 2.11. The third-order valence-corrected chi connectivity index (χ3v) is 4.37. The van der Waals surface area contributed by atoms with Gasteiger partial charge in [-0.2, -0.15) is 0 Å². The van der Waals surface area contributed by atoms with Crippen LogP contribution in [0.15, 0.2) is 47.4 Å². The van der Waals surface area contributed by atoms with Gasteiger partial charge in [0.05, 0.1) is 21.4 Å². The summed E-state index contributed by atoms with van der Waals surface area (Å²) >= 11 is 19.0. The summed E-state index contributed by atoms with van der Waals surface area (Å²) in [5.41, 5.74) is 1.63. The second-order valence-electron chi connectivity index (χ2n) is 3.88. The fraction of sp³-hybridized carbons (Fsp3) is 0.0714. The molecule has 2 nitrogen and oxygen atoms in total. The molecule has 2 aromatic rings. The molecule has 2 rings (SSSR count). The van der Waals surface area contributed by atoms with Crippen LogP contribution in [0.2, 0.25) is 10.0 Å². The maximum Gasteiger partial charge on any atom is 0.175 e. The Bertz CT molecular complexity index is 632. The van der Waals surface area contributed by atoms with Crippen molar-refractivity contribution in [3.05, 3.63) is 52.5 Å². The van der Waals surface area contributed by atoms with E-state index in [0.29, 0.717) is 20.8 Å². The lowest BCUT2D eigenvalue weighted by Gasteiger charge is -2.14. The van der Waals surface area contributed by atoms with E-state index in [1.807, 2.05) is 42.7 Å². The number of thioether (sulfide) groups is 1. The summed E-state index contributed by atoms with van der Waals surface area (Å²) in [6.07, 6.45) is 2.02. The van der Waals surface area contributed by atoms with E-state index in [0.717, 1.165) is 10.6 Å². The van der Waals surface area contributed by atoms with Crippen LogP contribution in [0.3, 0.4) is 0 Å². The van der Waals surface area contributed by atoms with E-state index in [9.17, 15) is 0 Å². The summed E-state index contributed by atoms with van der Waals surface area (Å²) in [6.45, 7) is 0. The molecule has 0 aliphatic carbocycles. The van der Waals surface area contributed by atoms with Crippen molar-refractivity contribution in [2.24, 2.45) is 0 Å². The molecular formula is C14H12Cl2N2S2. The van der Waals surface area contributed by atoms with E-state index in [-0.39, 0.29) is 0 Å². The highest BCUT2D eigenvalue weighted by molar-refractivity contribution is 7.98. The monoisotopic (exact) mass is 342 g/mol. The summed E-state index contributed by atoms with van der Waals surface area (Å²) in [5, 5.41) is 7.61. The molecule has 0 fully saturated rings. The number of benzene rings is 2. The van der Waals surface area contributed by atoms with Gasteiger partial charge >= 0.3 is 0 Å². The van der Waals surface area contributed by atoms with Crippen molar-refractivity contribution in [3.8, 4) is 0 Å². The number of halogens is 2. The molecule has 0 aliphatic rings. The average Bonchev–Trinajstić information content (AvgIpc) is 2.44. The average molecular weight is 343 g/mol. The fourth-order valence-corrected chi connectivity index (χ4v) is 2.75. The molecule has 2 aromatic carbocycles. The molecule has 104 valence electrons. The Morgan fingerprint density at radius 2 is 1.65 bits per heavy atom. The molecule has 0 heterocycles. The van der Waals surface area contributed by atoms with E-state index in [2.05, 4.69) is 10.6 Å². The van der Waals surface area contributed by atoms with Gasteiger partial charge in [0.1, 0.15) is 0 Å². The van der Waals surface area contributed by atoms with Gasteiger partial charge in [0.2, 0.25) is 0 Å². The van der Waals surface area contributed by atoms with E-state index < -0.39 is 0 Å². The predicted octanol–water partition coefficient (Wildman–Crippen LogP) is 5.52. The molecule has 0 atom stereocenters. The third-order valence-electron chi connectivity index (χ3n) is 2.55. The van der Waals surface area contributed by atoms with E-state index in [4.69, 9.17) is 35.4 Å². The minimum atomic E-state index is 0.455. The molecule has 20 heavy (non-hydrogen) atoms. The normalized spacial score (nSPS) is 10.2. The quantitative estimate of drug-likeness (QED) is 0.566. The standard InChI is InChI=1S/C14H12Cl2N2S2/c1-20-12-8-3-2-6-10(12)17-14(19)18-11-7-4-5-9(15)13(11)16/h2-8H,1H3,(H2,17,18,19). The molecule has 0 saturated heterocycles. The highest BCUT2D eigenvalue weighted by Gasteiger charge is 2.07. The van der Waals surface area contributed by atoms with E-state index in [1.54, 1.807) is 17.8 Å². The van der Waals surface area contributed by atoms with E-state index >= 15 is 0 Å². The molecule has 0 aliphatic heterocycles. The zero-order valence-electron chi connectivity index (χ0n) is 10.6. The molecule has 6 heteroatoms. The van der Waals surface area contributed by atoms with Gasteiger partial charge in [-0.05, 0) is 42.7 Å². The first-order chi connectivity index (χ1) is 9.61. The van der Waals surface area contributed by atoms with Crippen LogP contribution >= 0.6 is 47.2 Å². The minimum absolute atomic E-state index is 0.455. The molecule has 0 aromatic heterocycles. The molecule has 0 saturated carbocycles. The van der Waals surface area contributed by atoms with Crippen LogP contribution in [0.5, 0.6) is 0 Å². The Labute approximate surface area is 137 Å². The van der Waals surface area contributed by atoms with Gasteiger partial charge in [-0.3, -0.25) is 0 Å². The second-order valence-corrected chi connectivity index (χ2v) is 5.92. The highest BCUT2D eigenvalue weighted by atomic mass is 35.5. The molecule has 2 N–H and O–H groups in total. The Hall–Kier alpha value is -0.940. The maximum absolute atomic E-state index is 6.11. The molecule has 0 amide bonds. The van der Waals surface area contributed by atoms with Gasteiger partial charge in [-0.25, -0.2) is 0 Å². The van der Waals surface area contributed by atoms with Gasteiger partial charge in [0, 0.05) is 4.90 Å². The summed E-state index contributed by atoms with van der Waals surface area (Å²) in [6, 6.07) is 13.3. The summed E-state index contributed by atoms with van der Waals surface area (Å²) < 4.78 is 0. The first-order valence-electron chi connectivity index (χ1n) is 5.77. The Kier molecular flexibility index (Phi) is 5.54. The maximum atomic E-state index is 6.11. The zero-order valence-corrected chi connectivity index (χ0v) is 13.8. The number of thiocarbonyl (C=S) groups is 1. The highest BCUT2D eigenvalue weighted by Crippen LogP contribution is 2.30. The van der Waals surface area contributed by atoms with Gasteiger partial charge in [-0.15, -0.1) is 11.8 Å². The molecule has 0 spiro atoms. The van der Waals surface area contributed by atoms with Crippen molar-refractivity contribution in [2.45, 2.75) is 4.90 Å². The van der Waals surface area contributed by atoms with Gasteiger partial charge in [-0.1, -0.05) is 41.4 Å². The third kappa shape index (κ3) is 3.79. The van der Waals surface area contributed by atoms with Crippen molar-refractivity contribution < 1.29 is 0 Å². The Morgan fingerprint density at radius 1 is 1.00 bits per heavy atom.